The maximum atomic E-state index is 12.7. The van der Waals surface area contributed by atoms with Crippen molar-refractivity contribution in [2.24, 2.45) is 5.92 Å². The number of benzene rings is 1. The van der Waals surface area contributed by atoms with Gasteiger partial charge in [-0.15, -0.1) is 11.3 Å². The molecule has 0 unspecified atom stereocenters. The monoisotopic (exact) mass is 340 g/mol. The van der Waals surface area contributed by atoms with Gasteiger partial charge in [-0.25, -0.2) is 4.98 Å². The fourth-order valence-electron chi connectivity index (χ4n) is 2.60. The first kappa shape index (κ1) is 16.0. The predicted molar refractivity (Wildman–Crippen MR) is 81.0 cm³/mol. The van der Waals surface area contributed by atoms with E-state index < -0.39 is 11.7 Å². The summed E-state index contributed by atoms with van der Waals surface area (Å²) < 4.78 is 38.2. The third-order valence-corrected chi connectivity index (χ3v) is 4.70. The second-order valence-electron chi connectivity index (χ2n) is 5.65. The zero-order chi connectivity index (χ0) is 16.6. The SMILES string of the molecule is Cc1nc(CNC(=O)[C@H]2C[C@H]2c2cccc(C(F)(F)F)c2)cs1. The number of nitrogens with one attached hydrogen (secondary N) is 1. The number of carbonyl (C=O) groups is 1. The number of alkyl halides is 3. The molecule has 0 spiro atoms. The minimum atomic E-state index is -4.36. The van der Waals surface area contributed by atoms with Crippen LogP contribution >= 0.6 is 11.3 Å². The van der Waals surface area contributed by atoms with E-state index in [9.17, 15) is 18.0 Å². The number of rotatable bonds is 4. The first-order valence-electron chi connectivity index (χ1n) is 7.20. The fraction of sp³-hybridized carbons (Fsp3) is 0.375. The molecule has 0 radical (unpaired) electrons. The standard InChI is InChI=1S/C16H15F3N2OS/c1-9-21-12(8-23-9)7-20-15(22)14-6-13(14)10-3-2-4-11(5-10)16(17,18)19/h2-5,8,13-14H,6-7H2,1H3,(H,20,22)/t13-,14-/m0/s1. The normalized spacial score (nSPS) is 20.3. The lowest BCUT2D eigenvalue weighted by Crippen LogP contribution is -2.25. The fourth-order valence-corrected chi connectivity index (χ4v) is 3.21. The molecule has 3 rings (SSSR count). The average Bonchev–Trinajstić information content (AvgIpc) is 3.20. The molecule has 1 heterocycles. The first-order chi connectivity index (χ1) is 10.8. The van der Waals surface area contributed by atoms with E-state index in [2.05, 4.69) is 10.3 Å². The molecule has 0 bridgehead atoms. The Morgan fingerprint density at radius 2 is 2.22 bits per heavy atom. The second kappa shape index (κ2) is 5.96. The molecule has 1 fully saturated rings. The third kappa shape index (κ3) is 3.72. The number of halogens is 3. The quantitative estimate of drug-likeness (QED) is 0.917. The van der Waals surface area contributed by atoms with E-state index in [0.29, 0.717) is 18.5 Å². The van der Waals surface area contributed by atoms with Gasteiger partial charge in [-0.1, -0.05) is 18.2 Å². The number of aryl methyl sites for hydroxylation is 1. The number of aromatic nitrogens is 1. The van der Waals surface area contributed by atoms with E-state index in [1.165, 1.54) is 17.4 Å². The molecule has 23 heavy (non-hydrogen) atoms. The smallest absolute Gasteiger partial charge is 0.350 e. The van der Waals surface area contributed by atoms with Crippen LogP contribution in [0.5, 0.6) is 0 Å². The van der Waals surface area contributed by atoms with Gasteiger partial charge >= 0.3 is 6.18 Å². The Morgan fingerprint density at radius 3 is 2.87 bits per heavy atom. The van der Waals surface area contributed by atoms with Crippen molar-refractivity contribution >= 4 is 17.2 Å². The molecule has 1 aromatic heterocycles. The number of hydrogen-bond acceptors (Lipinski definition) is 3. The Kier molecular flexibility index (Phi) is 4.14. The highest BCUT2D eigenvalue weighted by atomic mass is 32.1. The Bertz CT molecular complexity index is 726. The van der Waals surface area contributed by atoms with Crippen molar-refractivity contribution in [3.05, 3.63) is 51.5 Å². The Labute approximate surface area is 135 Å². The minimum Gasteiger partial charge on any atom is -0.350 e. The van der Waals surface area contributed by atoms with Crippen molar-refractivity contribution in [1.82, 2.24) is 10.3 Å². The molecular weight excluding hydrogens is 325 g/mol. The number of nitrogens with zero attached hydrogens (tertiary/aromatic N) is 1. The summed E-state index contributed by atoms with van der Waals surface area (Å²) in [7, 11) is 0. The molecule has 1 aliphatic carbocycles. The van der Waals surface area contributed by atoms with Gasteiger partial charge in [0.25, 0.3) is 0 Å². The molecule has 1 saturated carbocycles. The number of hydrogen-bond donors (Lipinski definition) is 1. The highest BCUT2D eigenvalue weighted by Crippen LogP contribution is 2.48. The van der Waals surface area contributed by atoms with Crippen molar-refractivity contribution in [2.45, 2.75) is 32.0 Å². The number of thiazole rings is 1. The number of amides is 1. The van der Waals surface area contributed by atoms with Crippen LogP contribution < -0.4 is 5.32 Å². The van der Waals surface area contributed by atoms with Crippen LogP contribution in [0.1, 0.15) is 34.2 Å². The van der Waals surface area contributed by atoms with Gasteiger partial charge in [-0.3, -0.25) is 4.79 Å². The Balaban J connectivity index is 1.59. The van der Waals surface area contributed by atoms with Crippen LogP contribution in [0.4, 0.5) is 13.2 Å². The summed E-state index contributed by atoms with van der Waals surface area (Å²) in [4.78, 5) is 16.4. The lowest BCUT2D eigenvalue weighted by molar-refractivity contribution is -0.137. The first-order valence-corrected chi connectivity index (χ1v) is 8.08. The van der Waals surface area contributed by atoms with Crippen molar-refractivity contribution in [3.63, 3.8) is 0 Å². The maximum Gasteiger partial charge on any atom is 0.416 e. The van der Waals surface area contributed by atoms with E-state index >= 15 is 0 Å². The van der Waals surface area contributed by atoms with Gasteiger partial charge in [0.2, 0.25) is 5.91 Å². The average molecular weight is 340 g/mol. The van der Waals surface area contributed by atoms with Gasteiger partial charge in [-0.05, 0) is 30.9 Å². The van der Waals surface area contributed by atoms with Gasteiger partial charge in [0.1, 0.15) is 0 Å². The molecule has 0 saturated heterocycles. The van der Waals surface area contributed by atoms with Gasteiger partial charge in [0.05, 0.1) is 22.8 Å². The van der Waals surface area contributed by atoms with Crippen molar-refractivity contribution in [3.8, 4) is 0 Å². The summed E-state index contributed by atoms with van der Waals surface area (Å²) in [6, 6.07) is 5.23. The highest BCUT2D eigenvalue weighted by molar-refractivity contribution is 7.09. The molecule has 3 nitrogen and oxygen atoms in total. The van der Waals surface area contributed by atoms with Crippen LogP contribution in [0.2, 0.25) is 0 Å². The molecule has 7 heteroatoms. The summed E-state index contributed by atoms with van der Waals surface area (Å²) in [5, 5.41) is 5.62. The van der Waals surface area contributed by atoms with Crippen LogP contribution in [0.25, 0.3) is 0 Å². The third-order valence-electron chi connectivity index (χ3n) is 3.88. The van der Waals surface area contributed by atoms with Gasteiger partial charge in [-0.2, -0.15) is 13.2 Å². The molecule has 1 amide bonds. The van der Waals surface area contributed by atoms with Crippen LogP contribution in [0.15, 0.2) is 29.6 Å². The minimum absolute atomic E-state index is 0.127. The lowest BCUT2D eigenvalue weighted by atomic mass is 10.1. The van der Waals surface area contributed by atoms with E-state index in [4.69, 9.17) is 0 Å². The summed E-state index contributed by atoms with van der Waals surface area (Å²) in [6.45, 7) is 2.25. The van der Waals surface area contributed by atoms with Gasteiger partial charge < -0.3 is 5.32 Å². The molecule has 1 N–H and O–H groups in total. The van der Waals surface area contributed by atoms with Crippen molar-refractivity contribution in [1.29, 1.82) is 0 Å². The zero-order valence-corrected chi connectivity index (χ0v) is 13.2. The van der Waals surface area contributed by atoms with Gasteiger partial charge in [0, 0.05) is 11.3 Å². The van der Waals surface area contributed by atoms with Crippen LogP contribution in [-0.2, 0) is 17.5 Å². The summed E-state index contributed by atoms with van der Waals surface area (Å²) >= 11 is 1.51. The van der Waals surface area contributed by atoms with Crippen molar-refractivity contribution < 1.29 is 18.0 Å². The second-order valence-corrected chi connectivity index (χ2v) is 6.71. The van der Waals surface area contributed by atoms with E-state index in [-0.39, 0.29) is 17.7 Å². The largest absolute Gasteiger partial charge is 0.416 e. The van der Waals surface area contributed by atoms with Crippen molar-refractivity contribution in [2.75, 3.05) is 0 Å². The van der Waals surface area contributed by atoms with Gasteiger partial charge in [0.15, 0.2) is 0 Å². The molecule has 1 aromatic carbocycles. The molecule has 122 valence electrons. The van der Waals surface area contributed by atoms with Crippen LogP contribution in [0.3, 0.4) is 0 Å². The molecular formula is C16H15F3N2OS. The predicted octanol–water partition coefficient (Wildman–Crippen LogP) is 3.89. The highest BCUT2D eigenvalue weighted by Gasteiger charge is 2.44. The number of carbonyl (C=O) groups excluding carboxylic acids is 1. The summed E-state index contributed by atoms with van der Waals surface area (Å²) in [5.41, 5.74) is 0.709. The lowest BCUT2D eigenvalue weighted by Gasteiger charge is -2.08. The van der Waals surface area contributed by atoms with Crippen LogP contribution in [0, 0.1) is 12.8 Å². The summed E-state index contributed by atoms with van der Waals surface area (Å²) in [6.07, 6.45) is -3.77. The topological polar surface area (TPSA) is 42.0 Å². The summed E-state index contributed by atoms with van der Waals surface area (Å²) in [5.74, 6) is -0.509. The van der Waals surface area contributed by atoms with E-state index in [0.717, 1.165) is 22.8 Å². The molecule has 2 atom stereocenters. The maximum absolute atomic E-state index is 12.7. The Hall–Kier alpha value is -1.89. The van der Waals surface area contributed by atoms with Crippen LogP contribution in [-0.4, -0.2) is 10.9 Å². The van der Waals surface area contributed by atoms with E-state index in [1.54, 1.807) is 6.07 Å². The Morgan fingerprint density at radius 1 is 1.43 bits per heavy atom. The molecule has 0 aliphatic heterocycles. The molecule has 1 aliphatic rings. The zero-order valence-electron chi connectivity index (χ0n) is 12.4. The molecule has 2 aromatic rings. The van der Waals surface area contributed by atoms with E-state index in [1.807, 2.05) is 12.3 Å².